The van der Waals surface area contributed by atoms with Crippen molar-refractivity contribution in [3.05, 3.63) is 35.9 Å². The van der Waals surface area contributed by atoms with Gasteiger partial charge in [0.15, 0.2) is 0 Å². The topological polar surface area (TPSA) is 214 Å². The molecule has 0 fully saturated rings. The number of benzene rings is 1. The predicted molar refractivity (Wildman–Crippen MR) is 113 cm³/mol. The molecule has 1 rings (SSSR count). The number of carboxylic acids is 1. The smallest absolute Gasteiger partial charge is 0.326 e. The quantitative estimate of drug-likeness (QED) is 0.178. The lowest BCUT2D eigenvalue weighted by atomic mass is 10.0. The van der Waals surface area contributed by atoms with E-state index in [1.165, 1.54) is 13.8 Å². The number of aliphatic hydroxyl groups is 1. The van der Waals surface area contributed by atoms with Crippen molar-refractivity contribution in [2.45, 2.75) is 57.0 Å². The van der Waals surface area contributed by atoms with Crippen molar-refractivity contribution in [3.8, 4) is 0 Å². The number of carboxylic acid groups (broad SMARTS) is 1. The normalized spacial score (nSPS) is 15.4. The number of amides is 4. The SMILES string of the molecule is CC(N)C(=O)NC(C(=O)NC(CC(N)=O)C(=O)NC(Cc1ccccc1)C(=O)O)C(C)O. The molecule has 5 atom stereocenters. The molecule has 1 aromatic rings. The summed E-state index contributed by atoms with van der Waals surface area (Å²) in [6.45, 7) is 2.60. The summed E-state index contributed by atoms with van der Waals surface area (Å²) in [6.07, 6.45) is -2.04. The van der Waals surface area contributed by atoms with Crippen LogP contribution in [0.1, 0.15) is 25.8 Å². The zero-order chi connectivity index (χ0) is 24.4. The molecule has 9 N–H and O–H groups in total. The van der Waals surface area contributed by atoms with Gasteiger partial charge in [-0.15, -0.1) is 0 Å². The molecule has 176 valence electrons. The predicted octanol–water partition coefficient (Wildman–Crippen LogP) is -2.63. The molecule has 5 unspecified atom stereocenters. The van der Waals surface area contributed by atoms with Crippen molar-refractivity contribution in [3.63, 3.8) is 0 Å². The van der Waals surface area contributed by atoms with Gasteiger partial charge in [-0.1, -0.05) is 30.3 Å². The summed E-state index contributed by atoms with van der Waals surface area (Å²) in [5, 5.41) is 26.0. The fraction of sp³-hybridized carbons (Fsp3) is 0.450. The Morgan fingerprint density at radius 2 is 1.47 bits per heavy atom. The molecule has 12 nitrogen and oxygen atoms in total. The van der Waals surface area contributed by atoms with Gasteiger partial charge in [-0.3, -0.25) is 19.2 Å². The molecule has 1 aromatic carbocycles. The van der Waals surface area contributed by atoms with E-state index in [1.807, 2.05) is 0 Å². The molecular formula is C20H29N5O7. The van der Waals surface area contributed by atoms with Gasteiger partial charge < -0.3 is 37.6 Å². The number of nitrogens with two attached hydrogens (primary N) is 2. The molecule has 0 aliphatic heterocycles. The van der Waals surface area contributed by atoms with Crippen LogP contribution >= 0.6 is 0 Å². The molecule has 12 heteroatoms. The van der Waals surface area contributed by atoms with Gasteiger partial charge in [-0.2, -0.15) is 0 Å². The Kier molecular flexibility index (Phi) is 10.3. The van der Waals surface area contributed by atoms with Gasteiger partial charge in [0, 0.05) is 6.42 Å². The summed E-state index contributed by atoms with van der Waals surface area (Å²) in [7, 11) is 0. The first-order valence-corrected chi connectivity index (χ1v) is 9.82. The highest BCUT2D eigenvalue weighted by molar-refractivity contribution is 5.96. The fourth-order valence-electron chi connectivity index (χ4n) is 2.68. The maximum Gasteiger partial charge on any atom is 0.326 e. The molecule has 0 aromatic heterocycles. The molecule has 0 radical (unpaired) electrons. The highest BCUT2D eigenvalue weighted by Gasteiger charge is 2.32. The molecule has 0 heterocycles. The first-order chi connectivity index (χ1) is 14.9. The fourth-order valence-corrected chi connectivity index (χ4v) is 2.68. The van der Waals surface area contributed by atoms with E-state index in [0.717, 1.165) is 0 Å². The van der Waals surface area contributed by atoms with Crippen molar-refractivity contribution >= 4 is 29.6 Å². The van der Waals surface area contributed by atoms with Crippen LogP contribution in [-0.2, 0) is 30.4 Å². The average molecular weight is 451 g/mol. The Morgan fingerprint density at radius 1 is 0.906 bits per heavy atom. The first kappa shape index (κ1) is 26.5. The van der Waals surface area contributed by atoms with Crippen LogP contribution in [0.5, 0.6) is 0 Å². The molecular weight excluding hydrogens is 422 g/mol. The standard InChI is InChI=1S/C20H29N5O7/c1-10(21)17(28)25-16(11(2)26)19(30)23-13(9-15(22)27)18(29)24-14(20(31)32)8-12-6-4-3-5-7-12/h3-7,10-11,13-14,16,26H,8-9,21H2,1-2H3,(H2,22,27)(H,23,30)(H,24,29)(H,25,28)(H,31,32). The van der Waals surface area contributed by atoms with E-state index in [0.29, 0.717) is 5.56 Å². The van der Waals surface area contributed by atoms with Crippen LogP contribution in [0.2, 0.25) is 0 Å². The first-order valence-electron chi connectivity index (χ1n) is 9.82. The Labute approximate surface area is 184 Å². The zero-order valence-electron chi connectivity index (χ0n) is 17.8. The minimum atomic E-state index is -1.54. The second-order valence-electron chi connectivity index (χ2n) is 7.34. The van der Waals surface area contributed by atoms with Crippen LogP contribution < -0.4 is 27.4 Å². The maximum atomic E-state index is 12.7. The van der Waals surface area contributed by atoms with E-state index in [2.05, 4.69) is 16.0 Å². The highest BCUT2D eigenvalue weighted by Crippen LogP contribution is 2.05. The summed E-state index contributed by atoms with van der Waals surface area (Å²) in [5.41, 5.74) is 11.2. The number of primary amides is 1. The Bertz CT molecular complexity index is 829. The minimum absolute atomic E-state index is 0.0418. The Morgan fingerprint density at radius 3 is 1.94 bits per heavy atom. The number of rotatable bonds is 12. The molecule has 0 bridgehead atoms. The number of carbonyl (C=O) groups excluding carboxylic acids is 4. The molecule has 0 saturated heterocycles. The van der Waals surface area contributed by atoms with E-state index in [-0.39, 0.29) is 6.42 Å². The van der Waals surface area contributed by atoms with Gasteiger partial charge in [0.2, 0.25) is 23.6 Å². The van der Waals surface area contributed by atoms with Crippen molar-refractivity contribution in [1.82, 2.24) is 16.0 Å². The van der Waals surface area contributed by atoms with Gasteiger partial charge in [0.1, 0.15) is 18.1 Å². The summed E-state index contributed by atoms with van der Waals surface area (Å²) >= 11 is 0. The lowest BCUT2D eigenvalue weighted by Gasteiger charge is -2.25. The average Bonchev–Trinajstić information content (AvgIpc) is 2.70. The van der Waals surface area contributed by atoms with E-state index in [4.69, 9.17) is 11.5 Å². The van der Waals surface area contributed by atoms with Crippen LogP contribution in [-0.4, -0.2) is 70.1 Å². The van der Waals surface area contributed by atoms with Crippen LogP contribution in [0.3, 0.4) is 0 Å². The van der Waals surface area contributed by atoms with E-state index in [1.54, 1.807) is 30.3 Å². The molecule has 32 heavy (non-hydrogen) atoms. The highest BCUT2D eigenvalue weighted by atomic mass is 16.4. The lowest BCUT2D eigenvalue weighted by Crippen LogP contribution is -2.60. The van der Waals surface area contributed by atoms with Crippen LogP contribution in [0.15, 0.2) is 30.3 Å². The lowest BCUT2D eigenvalue weighted by molar-refractivity contribution is -0.142. The van der Waals surface area contributed by atoms with E-state index in [9.17, 15) is 34.2 Å². The number of aliphatic carboxylic acids is 1. The van der Waals surface area contributed by atoms with Gasteiger partial charge >= 0.3 is 5.97 Å². The monoisotopic (exact) mass is 451 g/mol. The summed E-state index contributed by atoms with van der Waals surface area (Å²) in [4.78, 5) is 60.1. The van der Waals surface area contributed by atoms with Gasteiger partial charge in [-0.25, -0.2) is 4.79 Å². The number of hydrogen-bond acceptors (Lipinski definition) is 7. The third-order valence-corrected chi connectivity index (χ3v) is 4.41. The summed E-state index contributed by atoms with van der Waals surface area (Å²) < 4.78 is 0. The second kappa shape index (κ2) is 12.4. The van der Waals surface area contributed by atoms with Crippen LogP contribution in [0.4, 0.5) is 0 Å². The van der Waals surface area contributed by atoms with Gasteiger partial charge in [0.25, 0.3) is 0 Å². The van der Waals surface area contributed by atoms with Crippen LogP contribution in [0, 0.1) is 0 Å². The zero-order valence-corrected chi connectivity index (χ0v) is 17.8. The van der Waals surface area contributed by atoms with Crippen molar-refractivity contribution < 1.29 is 34.2 Å². The Hall–Kier alpha value is -3.51. The summed E-state index contributed by atoms with van der Waals surface area (Å²) in [5.74, 6) is -4.93. The largest absolute Gasteiger partial charge is 0.480 e. The molecule has 0 spiro atoms. The van der Waals surface area contributed by atoms with Crippen molar-refractivity contribution in [2.75, 3.05) is 0 Å². The Balaban J connectivity index is 2.97. The number of nitrogens with one attached hydrogen (secondary N) is 3. The molecule has 4 amide bonds. The third-order valence-electron chi connectivity index (χ3n) is 4.41. The van der Waals surface area contributed by atoms with E-state index >= 15 is 0 Å². The van der Waals surface area contributed by atoms with Gasteiger partial charge in [-0.05, 0) is 19.4 Å². The molecule has 0 saturated carbocycles. The third kappa shape index (κ3) is 8.70. The number of carbonyl (C=O) groups is 5. The van der Waals surface area contributed by atoms with Crippen molar-refractivity contribution in [2.24, 2.45) is 11.5 Å². The minimum Gasteiger partial charge on any atom is -0.480 e. The van der Waals surface area contributed by atoms with Crippen molar-refractivity contribution in [1.29, 1.82) is 0 Å². The summed E-state index contributed by atoms with van der Waals surface area (Å²) in [6, 6.07) is 3.20. The maximum absolute atomic E-state index is 12.7. The number of aliphatic hydroxyl groups excluding tert-OH is 1. The second-order valence-corrected chi connectivity index (χ2v) is 7.34. The molecule has 0 aliphatic carbocycles. The van der Waals surface area contributed by atoms with Crippen LogP contribution in [0.25, 0.3) is 0 Å². The number of hydrogen-bond donors (Lipinski definition) is 7. The molecule has 0 aliphatic rings. The van der Waals surface area contributed by atoms with Gasteiger partial charge in [0.05, 0.1) is 18.6 Å². The van der Waals surface area contributed by atoms with E-state index < -0.39 is 66.3 Å².